The molecule has 0 radical (unpaired) electrons. The van der Waals surface area contributed by atoms with Crippen LogP contribution in [0.25, 0.3) is 5.57 Å². The Morgan fingerprint density at radius 2 is 1.52 bits per heavy atom. The number of nitrogens with zero attached hydrogens (tertiary/aromatic N) is 1. The number of hydrogen-bond acceptors (Lipinski definition) is 4. The van der Waals surface area contributed by atoms with Gasteiger partial charge in [0.15, 0.2) is 0 Å². The molecule has 0 aliphatic carbocycles. The quantitative estimate of drug-likeness (QED) is 0.479. The van der Waals surface area contributed by atoms with Crippen LogP contribution in [0, 0.1) is 0 Å². The van der Waals surface area contributed by atoms with Gasteiger partial charge in [0.1, 0.15) is 0 Å². The zero-order valence-electron chi connectivity index (χ0n) is 13.8. The summed E-state index contributed by atoms with van der Waals surface area (Å²) < 4.78 is 4.97. The highest BCUT2D eigenvalue weighted by Gasteiger charge is 2.35. The first kappa shape index (κ1) is 16.6. The molecule has 2 aromatic carbocycles. The third-order valence-corrected chi connectivity index (χ3v) is 3.93. The molecular formula is C20H17NO4. The van der Waals surface area contributed by atoms with Crippen LogP contribution in [0.5, 0.6) is 0 Å². The first-order valence-corrected chi connectivity index (χ1v) is 7.99. The van der Waals surface area contributed by atoms with E-state index in [0.29, 0.717) is 16.7 Å². The standard InChI is InChI=1S/C20H17NO4/c1-2-25-18(22)12-15(14-8-4-3-5-9-14)13-21-19(23)16-10-6-7-11-17(16)20(21)24/h3-12H,2,13H2,1H3. The second-order valence-electron chi connectivity index (χ2n) is 5.53. The summed E-state index contributed by atoms with van der Waals surface area (Å²) in [6.07, 6.45) is 1.34. The van der Waals surface area contributed by atoms with Gasteiger partial charge in [-0.05, 0) is 30.2 Å². The molecule has 25 heavy (non-hydrogen) atoms. The van der Waals surface area contributed by atoms with Gasteiger partial charge in [-0.2, -0.15) is 0 Å². The molecule has 0 spiro atoms. The summed E-state index contributed by atoms with van der Waals surface area (Å²) in [5, 5.41) is 0. The van der Waals surface area contributed by atoms with Gasteiger partial charge in [0.25, 0.3) is 11.8 Å². The fraction of sp³-hybridized carbons (Fsp3) is 0.150. The number of ether oxygens (including phenoxy) is 1. The minimum absolute atomic E-state index is 0.00910. The topological polar surface area (TPSA) is 63.7 Å². The van der Waals surface area contributed by atoms with Crippen molar-refractivity contribution in [3.8, 4) is 0 Å². The molecule has 0 atom stereocenters. The normalized spacial score (nSPS) is 13.8. The number of rotatable bonds is 5. The number of esters is 1. The molecule has 1 aliphatic rings. The van der Waals surface area contributed by atoms with Crippen molar-refractivity contribution >= 4 is 23.4 Å². The van der Waals surface area contributed by atoms with E-state index in [-0.39, 0.29) is 25.0 Å². The van der Waals surface area contributed by atoms with E-state index in [0.717, 1.165) is 10.5 Å². The summed E-state index contributed by atoms with van der Waals surface area (Å²) in [5.74, 6) is -1.21. The van der Waals surface area contributed by atoms with Crippen LogP contribution in [0.4, 0.5) is 0 Å². The van der Waals surface area contributed by atoms with Crippen molar-refractivity contribution in [2.45, 2.75) is 6.92 Å². The number of fused-ring (bicyclic) bond motifs is 1. The van der Waals surface area contributed by atoms with E-state index >= 15 is 0 Å². The molecule has 2 aromatic rings. The van der Waals surface area contributed by atoms with Gasteiger partial charge in [0, 0.05) is 6.08 Å². The Kier molecular flexibility index (Phi) is 4.75. The molecule has 5 nitrogen and oxygen atoms in total. The van der Waals surface area contributed by atoms with Crippen LogP contribution in [0.1, 0.15) is 33.2 Å². The molecule has 0 aromatic heterocycles. The van der Waals surface area contributed by atoms with Crippen molar-refractivity contribution in [3.63, 3.8) is 0 Å². The summed E-state index contributed by atoms with van der Waals surface area (Å²) in [6.45, 7) is 1.98. The van der Waals surface area contributed by atoms with Crippen molar-refractivity contribution in [3.05, 3.63) is 77.4 Å². The maximum absolute atomic E-state index is 12.5. The molecule has 0 saturated carbocycles. The molecule has 0 unspecified atom stereocenters. The Labute approximate surface area is 145 Å². The van der Waals surface area contributed by atoms with Gasteiger partial charge in [-0.25, -0.2) is 4.79 Å². The van der Waals surface area contributed by atoms with E-state index in [4.69, 9.17) is 4.74 Å². The predicted octanol–water partition coefficient (Wildman–Crippen LogP) is 2.93. The third kappa shape index (κ3) is 3.35. The Balaban J connectivity index is 1.93. The van der Waals surface area contributed by atoms with Crippen molar-refractivity contribution in [1.82, 2.24) is 4.90 Å². The van der Waals surface area contributed by atoms with Gasteiger partial charge in [0.05, 0.1) is 24.3 Å². The molecule has 0 saturated heterocycles. The van der Waals surface area contributed by atoms with Crippen LogP contribution < -0.4 is 0 Å². The zero-order chi connectivity index (χ0) is 17.8. The fourth-order valence-corrected chi connectivity index (χ4v) is 2.75. The lowest BCUT2D eigenvalue weighted by molar-refractivity contribution is -0.137. The number of benzene rings is 2. The Hall–Kier alpha value is -3.21. The number of imide groups is 1. The van der Waals surface area contributed by atoms with E-state index in [9.17, 15) is 14.4 Å². The highest BCUT2D eigenvalue weighted by atomic mass is 16.5. The lowest BCUT2D eigenvalue weighted by Gasteiger charge is -2.16. The molecule has 5 heteroatoms. The molecule has 2 amide bonds. The maximum Gasteiger partial charge on any atom is 0.331 e. The van der Waals surface area contributed by atoms with Crippen LogP contribution >= 0.6 is 0 Å². The van der Waals surface area contributed by atoms with Crippen molar-refractivity contribution in [1.29, 1.82) is 0 Å². The molecule has 126 valence electrons. The number of carbonyl (C=O) groups is 3. The molecule has 0 bridgehead atoms. The van der Waals surface area contributed by atoms with Crippen LogP contribution in [-0.2, 0) is 9.53 Å². The zero-order valence-corrected chi connectivity index (χ0v) is 13.8. The maximum atomic E-state index is 12.5. The van der Waals surface area contributed by atoms with Gasteiger partial charge in [0.2, 0.25) is 0 Å². The summed E-state index contributed by atoms with van der Waals surface area (Å²) in [6, 6.07) is 15.9. The molecule has 3 rings (SSSR count). The smallest absolute Gasteiger partial charge is 0.331 e. The van der Waals surface area contributed by atoms with Crippen LogP contribution in [-0.4, -0.2) is 35.8 Å². The van der Waals surface area contributed by atoms with Gasteiger partial charge in [-0.3, -0.25) is 14.5 Å². The molecular weight excluding hydrogens is 318 g/mol. The van der Waals surface area contributed by atoms with Gasteiger partial charge in [-0.15, -0.1) is 0 Å². The fourth-order valence-electron chi connectivity index (χ4n) is 2.75. The SMILES string of the molecule is CCOC(=O)C=C(CN1C(=O)c2ccccc2C1=O)c1ccccc1. The highest BCUT2D eigenvalue weighted by molar-refractivity contribution is 6.22. The molecule has 1 aliphatic heterocycles. The Morgan fingerprint density at radius 1 is 0.960 bits per heavy atom. The van der Waals surface area contributed by atoms with E-state index in [2.05, 4.69) is 0 Å². The molecule has 0 N–H and O–H groups in total. The van der Waals surface area contributed by atoms with Crippen molar-refractivity contribution < 1.29 is 19.1 Å². The van der Waals surface area contributed by atoms with Crippen LogP contribution in [0.3, 0.4) is 0 Å². The minimum Gasteiger partial charge on any atom is -0.463 e. The first-order valence-electron chi connectivity index (χ1n) is 7.99. The summed E-state index contributed by atoms with van der Waals surface area (Å²) >= 11 is 0. The van der Waals surface area contributed by atoms with E-state index < -0.39 is 5.97 Å². The predicted molar refractivity (Wildman–Crippen MR) is 92.9 cm³/mol. The summed E-state index contributed by atoms with van der Waals surface area (Å²) in [7, 11) is 0. The summed E-state index contributed by atoms with van der Waals surface area (Å²) in [5.41, 5.74) is 2.08. The van der Waals surface area contributed by atoms with E-state index in [1.807, 2.05) is 30.3 Å². The van der Waals surface area contributed by atoms with Crippen LogP contribution in [0.2, 0.25) is 0 Å². The molecule has 1 heterocycles. The lowest BCUT2D eigenvalue weighted by Crippen LogP contribution is -2.31. The van der Waals surface area contributed by atoms with Crippen molar-refractivity contribution in [2.24, 2.45) is 0 Å². The molecule has 0 fully saturated rings. The third-order valence-electron chi connectivity index (χ3n) is 3.93. The number of amides is 2. The summed E-state index contributed by atoms with van der Waals surface area (Å²) in [4.78, 5) is 38.1. The minimum atomic E-state index is -0.502. The monoisotopic (exact) mass is 335 g/mol. The highest BCUT2D eigenvalue weighted by Crippen LogP contribution is 2.25. The van der Waals surface area contributed by atoms with Gasteiger partial charge >= 0.3 is 5.97 Å². The first-order chi connectivity index (χ1) is 12.1. The van der Waals surface area contributed by atoms with Crippen molar-refractivity contribution in [2.75, 3.05) is 13.2 Å². The second kappa shape index (κ2) is 7.13. The van der Waals surface area contributed by atoms with E-state index in [1.54, 1.807) is 31.2 Å². The lowest BCUT2D eigenvalue weighted by atomic mass is 10.0. The van der Waals surface area contributed by atoms with Crippen LogP contribution in [0.15, 0.2) is 60.7 Å². The largest absolute Gasteiger partial charge is 0.463 e. The number of carbonyl (C=O) groups excluding carboxylic acids is 3. The van der Waals surface area contributed by atoms with E-state index in [1.165, 1.54) is 6.08 Å². The number of hydrogen-bond donors (Lipinski definition) is 0. The Bertz CT molecular complexity index is 820. The Morgan fingerprint density at radius 3 is 2.08 bits per heavy atom. The average molecular weight is 335 g/mol. The second-order valence-corrected chi connectivity index (χ2v) is 5.53. The van der Waals surface area contributed by atoms with Gasteiger partial charge < -0.3 is 4.74 Å². The van der Waals surface area contributed by atoms with Gasteiger partial charge in [-0.1, -0.05) is 42.5 Å². The average Bonchev–Trinajstić information content (AvgIpc) is 2.87.